The number of nitrogens with one attached hydrogen (secondary N) is 1. The third kappa shape index (κ3) is 2.28. The minimum Gasteiger partial charge on any atom is -0.367 e. The molecule has 2 heterocycles. The van der Waals surface area contributed by atoms with Crippen molar-refractivity contribution in [2.75, 3.05) is 24.5 Å². The Hall–Kier alpha value is -1.69. The zero-order valence-electron chi connectivity index (χ0n) is 10.5. The average molecular weight is 265 g/mol. The van der Waals surface area contributed by atoms with Crippen LogP contribution in [0, 0.1) is 21.8 Å². The van der Waals surface area contributed by atoms with E-state index in [0.29, 0.717) is 17.6 Å². The molecule has 0 aromatic heterocycles. The van der Waals surface area contributed by atoms with Crippen LogP contribution in [0.4, 0.5) is 15.8 Å². The number of rotatable bonds is 2. The molecule has 0 spiro atoms. The van der Waals surface area contributed by atoms with Crippen molar-refractivity contribution in [3.63, 3.8) is 0 Å². The summed E-state index contributed by atoms with van der Waals surface area (Å²) in [7, 11) is 0. The lowest BCUT2D eigenvalue weighted by molar-refractivity contribution is -0.385. The Bertz CT molecular complexity index is 495. The molecule has 2 unspecified atom stereocenters. The summed E-state index contributed by atoms with van der Waals surface area (Å²) >= 11 is 0. The monoisotopic (exact) mass is 265 g/mol. The van der Waals surface area contributed by atoms with E-state index in [-0.39, 0.29) is 5.69 Å². The molecule has 2 aliphatic heterocycles. The minimum atomic E-state index is -0.571. The lowest BCUT2D eigenvalue weighted by Crippen LogP contribution is -2.40. The van der Waals surface area contributed by atoms with Crippen LogP contribution in [0.15, 0.2) is 18.2 Å². The van der Waals surface area contributed by atoms with Crippen LogP contribution in [0.2, 0.25) is 0 Å². The van der Waals surface area contributed by atoms with Crippen molar-refractivity contribution in [3.8, 4) is 0 Å². The number of benzene rings is 1. The number of non-ortho nitro benzene ring substituents is 1. The highest BCUT2D eigenvalue weighted by Gasteiger charge is 2.35. The van der Waals surface area contributed by atoms with Gasteiger partial charge in [-0.25, -0.2) is 4.39 Å². The van der Waals surface area contributed by atoms with Crippen LogP contribution in [0.3, 0.4) is 0 Å². The van der Waals surface area contributed by atoms with Gasteiger partial charge in [-0.3, -0.25) is 10.1 Å². The molecule has 0 aliphatic carbocycles. The van der Waals surface area contributed by atoms with Gasteiger partial charge in [-0.1, -0.05) is 0 Å². The van der Waals surface area contributed by atoms with E-state index in [2.05, 4.69) is 5.32 Å². The molecule has 0 saturated carbocycles. The first kappa shape index (κ1) is 12.3. The number of nitrogens with zero attached hydrogens (tertiary/aromatic N) is 2. The predicted molar refractivity (Wildman–Crippen MR) is 69.8 cm³/mol. The molecule has 1 N–H and O–H groups in total. The van der Waals surface area contributed by atoms with Gasteiger partial charge in [0.1, 0.15) is 0 Å². The second-order valence-corrected chi connectivity index (χ2v) is 5.26. The molecule has 2 saturated heterocycles. The Morgan fingerprint density at radius 1 is 1.42 bits per heavy atom. The number of hydrogen-bond acceptors (Lipinski definition) is 4. The topological polar surface area (TPSA) is 58.4 Å². The van der Waals surface area contributed by atoms with E-state index >= 15 is 0 Å². The van der Waals surface area contributed by atoms with Crippen molar-refractivity contribution >= 4 is 11.4 Å². The fourth-order valence-electron chi connectivity index (χ4n) is 3.11. The Balaban J connectivity index is 1.81. The first-order chi connectivity index (χ1) is 9.15. The van der Waals surface area contributed by atoms with E-state index in [1.165, 1.54) is 18.6 Å². The van der Waals surface area contributed by atoms with Crippen molar-refractivity contribution in [1.82, 2.24) is 5.32 Å². The van der Waals surface area contributed by atoms with Gasteiger partial charge < -0.3 is 10.2 Å². The van der Waals surface area contributed by atoms with Crippen LogP contribution in [0.1, 0.15) is 12.8 Å². The van der Waals surface area contributed by atoms with Crippen molar-refractivity contribution in [3.05, 3.63) is 34.1 Å². The summed E-state index contributed by atoms with van der Waals surface area (Å²) in [4.78, 5) is 12.0. The Morgan fingerprint density at radius 3 is 2.95 bits per heavy atom. The normalized spacial score (nSPS) is 26.3. The number of halogens is 1. The van der Waals surface area contributed by atoms with E-state index < -0.39 is 10.7 Å². The van der Waals surface area contributed by atoms with Gasteiger partial charge in [0.2, 0.25) is 0 Å². The summed E-state index contributed by atoms with van der Waals surface area (Å²) in [6.07, 6.45) is 2.33. The van der Waals surface area contributed by atoms with Crippen LogP contribution >= 0.6 is 0 Å². The standard InChI is InChI=1S/C13H16FN3O2/c14-11-6-10(17(18)19)3-4-13(11)16-7-9-2-1-5-15-12(9)8-16/h3-4,6,9,12,15H,1-2,5,7-8H2. The van der Waals surface area contributed by atoms with Crippen LogP contribution in [0.25, 0.3) is 0 Å². The highest BCUT2D eigenvalue weighted by molar-refractivity contribution is 5.53. The van der Waals surface area contributed by atoms with E-state index in [0.717, 1.165) is 32.1 Å². The maximum atomic E-state index is 14.0. The molecule has 102 valence electrons. The average Bonchev–Trinajstić information content (AvgIpc) is 2.81. The van der Waals surface area contributed by atoms with Gasteiger partial charge in [0.25, 0.3) is 5.69 Å². The summed E-state index contributed by atoms with van der Waals surface area (Å²) in [5.41, 5.74) is 0.276. The van der Waals surface area contributed by atoms with E-state index in [1.807, 2.05) is 4.90 Å². The first-order valence-corrected chi connectivity index (χ1v) is 6.57. The zero-order valence-corrected chi connectivity index (χ0v) is 10.5. The van der Waals surface area contributed by atoms with Crippen molar-refractivity contribution < 1.29 is 9.31 Å². The summed E-state index contributed by atoms with van der Waals surface area (Å²) in [5.74, 6) is 0.0520. The molecule has 2 aliphatic rings. The molecule has 2 fully saturated rings. The number of nitro benzene ring substituents is 1. The lowest BCUT2D eigenvalue weighted by atomic mass is 9.94. The third-order valence-corrected chi connectivity index (χ3v) is 4.08. The maximum Gasteiger partial charge on any atom is 0.272 e. The van der Waals surface area contributed by atoms with Crippen LogP contribution in [0.5, 0.6) is 0 Å². The number of fused-ring (bicyclic) bond motifs is 1. The highest BCUT2D eigenvalue weighted by atomic mass is 19.1. The Morgan fingerprint density at radius 2 is 2.26 bits per heavy atom. The number of anilines is 1. The Kier molecular flexibility index (Phi) is 3.10. The fourth-order valence-corrected chi connectivity index (χ4v) is 3.11. The Labute approximate surface area is 110 Å². The second-order valence-electron chi connectivity index (χ2n) is 5.26. The molecular weight excluding hydrogens is 249 g/mol. The molecular formula is C13H16FN3O2. The van der Waals surface area contributed by atoms with Gasteiger partial charge in [-0.2, -0.15) is 0 Å². The quantitative estimate of drug-likeness (QED) is 0.655. The third-order valence-electron chi connectivity index (χ3n) is 4.08. The molecule has 0 bridgehead atoms. The van der Waals surface area contributed by atoms with Gasteiger partial charge in [0, 0.05) is 25.2 Å². The molecule has 19 heavy (non-hydrogen) atoms. The molecule has 5 nitrogen and oxygen atoms in total. The van der Waals surface area contributed by atoms with Crippen LogP contribution < -0.4 is 10.2 Å². The first-order valence-electron chi connectivity index (χ1n) is 6.57. The molecule has 1 aromatic carbocycles. The highest BCUT2D eigenvalue weighted by Crippen LogP contribution is 2.31. The summed E-state index contributed by atoms with van der Waals surface area (Å²) in [6, 6.07) is 4.31. The zero-order chi connectivity index (χ0) is 13.4. The van der Waals surface area contributed by atoms with Gasteiger partial charge in [0.15, 0.2) is 5.82 Å². The smallest absolute Gasteiger partial charge is 0.272 e. The van der Waals surface area contributed by atoms with Gasteiger partial charge >= 0.3 is 0 Å². The van der Waals surface area contributed by atoms with Gasteiger partial charge in [0.05, 0.1) is 16.7 Å². The molecule has 3 rings (SSSR count). The SMILES string of the molecule is O=[N+]([O-])c1ccc(N2CC3CCCNC3C2)c(F)c1. The number of piperidine rings is 1. The molecule has 0 radical (unpaired) electrons. The van der Waals surface area contributed by atoms with E-state index in [1.54, 1.807) is 0 Å². The van der Waals surface area contributed by atoms with Crippen molar-refractivity contribution in [1.29, 1.82) is 0 Å². The molecule has 0 amide bonds. The summed E-state index contributed by atoms with van der Waals surface area (Å²) < 4.78 is 14.0. The second kappa shape index (κ2) is 4.77. The van der Waals surface area contributed by atoms with E-state index in [4.69, 9.17) is 0 Å². The predicted octanol–water partition coefficient (Wildman–Crippen LogP) is 1.92. The summed E-state index contributed by atoms with van der Waals surface area (Å²) in [6.45, 7) is 2.63. The number of nitro groups is 1. The lowest BCUT2D eigenvalue weighted by Gasteiger charge is -2.24. The van der Waals surface area contributed by atoms with Crippen LogP contribution in [-0.2, 0) is 0 Å². The minimum absolute atomic E-state index is 0.198. The summed E-state index contributed by atoms with van der Waals surface area (Å²) in [5, 5.41) is 14.1. The fraction of sp³-hybridized carbons (Fsp3) is 0.538. The van der Waals surface area contributed by atoms with Crippen LogP contribution in [-0.4, -0.2) is 30.6 Å². The molecule has 2 atom stereocenters. The molecule has 1 aromatic rings. The van der Waals surface area contributed by atoms with Crippen molar-refractivity contribution in [2.24, 2.45) is 5.92 Å². The van der Waals surface area contributed by atoms with Crippen molar-refractivity contribution in [2.45, 2.75) is 18.9 Å². The number of hydrogen-bond donors (Lipinski definition) is 1. The maximum absolute atomic E-state index is 14.0. The van der Waals surface area contributed by atoms with Gasteiger partial charge in [-0.05, 0) is 31.4 Å². The molecule has 6 heteroatoms. The van der Waals surface area contributed by atoms with Gasteiger partial charge in [-0.15, -0.1) is 0 Å². The van der Waals surface area contributed by atoms with E-state index in [9.17, 15) is 14.5 Å². The largest absolute Gasteiger partial charge is 0.367 e.